The third-order valence-corrected chi connectivity index (χ3v) is 5.56. The van der Waals surface area contributed by atoms with Crippen LogP contribution in [-0.2, 0) is 0 Å². The molecule has 25 heavy (non-hydrogen) atoms. The predicted octanol–water partition coefficient (Wildman–Crippen LogP) is 3.37. The monoisotopic (exact) mass is 477 g/mol. The normalized spacial score (nSPS) is 16.3. The lowest BCUT2D eigenvalue weighted by Crippen LogP contribution is -2.49. The van der Waals surface area contributed by atoms with Crippen molar-refractivity contribution in [3.8, 4) is 0 Å². The number of piperidine rings is 1. The molecule has 1 fully saturated rings. The van der Waals surface area contributed by atoms with E-state index in [1.165, 1.54) is 0 Å². The number of halogens is 1. The number of aliphatic imine (C=N–C) groups is 1. The summed E-state index contributed by atoms with van der Waals surface area (Å²) in [6, 6.07) is 6.58. The largest absolute Gasteiger partial charge is 0.357 e. The van der Waals surface area contributed by atoms with Crippen LogP contribution >= 0.6 is 35.7 Å². The van der Waals surface area contributed by atoms with Crippen molar-refractivity contribution in [2.75, 3.05) is 37.3 Å². The molecule has 0 aromatic carbocycles. The van der Waals surface area contributed by atoms with Gasteiger partial charge in [0.25, 0.3) is 0 Å². The Labute approximate surface area is 173 Å². The van der Waals surface area contributed by atoms with Crippen LogP contribution in [0.5, 0.6) is 0 Å². The van der Waals surface area contributed by atoms with E-state index in [2.05, 4.69) is 59.7 Å². The van der Waals surface area contributed by atoms with E-state index in [0.717, 1.165) is 50.8 Å². The summed E-state index contributed by atoms with van der Waals surface area (Å²) in [4.78, 5) is 11.6. The van der Waals surface area contributed by atoms with Crippen molar-refractivity contribution in [2.24, 2.45) is 4.99 Å². The minimum absolute atomic E-state index is 0. The van der Waals surface area contributed by atoms with Crippen LogP contribution < -0.4 is 15.5 Å². The molecule has 2 N–H and O–H groups in total. The van der Waals surface area contributed by atoms with Crippen molar-refractivity contribution < 1.29 is 0 Å². The van der Waals surface area contributed by atoms with Crippen LogP contribution in [0, 0.1) is 0 Å². The number of pyridine rings is 1. The average molecular weight is 477 g/mol. The number of anilines is 1. The molecular formula is C18H32IN5S. The van der Waals surface area contributed by atoms with Crippen LogP contribution in [0.1, 0.15) is 33.6 Å². The van der Waals surface area contributed by atoms with E-state index in [1.807, 2.05) is 24.0 Å². The van der Waals surface area contributed by atoms with Crippen molar-refractivity contribution in [1.82, 2.24) is 15.6 Å². The lowest BCUT2D eigenvalue weighted by atomic mass is 10.1. The van der Waals surface area contributed by atoms with Crippen molar-refractivity contribution >= 4 is 47.5 Å². The summed E-state index contributed by atoms with van der Waals surface area (Å²) >= 11 is 1.85. The zero-order chi connectivity index (χ0) is 17.4. The Morgan fingerprint density at radius 1 is 1.36 bits per heavy atom. The summed E-state index contributed by atoms with van der Waals surface area (Å²) in [6.07, 6.45) is 6.21. The maximum absolute atomic E-state index is 4.77. The molecule has 1 aliphatic heterocycles. The second-order valence-corrected chi connectivity index (χ2v) is 8.27. The molecule has 1 aromatic heterocycles. The Balaban J connectivity index is 0.00000312. The Morgan fingerprint density at radius 2 is 2.08 bits per heavy atom. The highest BCUT2D eigenvalue weighted by Gasteiger charge is 2.21. The number of nitrogens with zero attached hydrogens (tertiary/aromatic N) is 3. The zero-order valence-corrected chi connectivity index (χ0v) is 18.9. The predicted molar refractivity (Wildman–Crippen MR) is 122 cm³/mol. The molecule has 1 aromatic rings. The summed E-state index contributed by atoms with van der Waals surface area (Å²) in [5.74, 6) is 2.02. The molecule has 0 radical (unpaired) electrons. The van der Waals surface area contributed by atoms with E-state index in [1.54, 1.807) is 0 Å². The van der Waals surface area contributed by atoms with Crippen LogP contribution in [0.2, 0.25) is 0 Å². The van der Waals surface area contributed by atoms with Gasteiger partial charge in [0.1, 0.15) is 5.82 Å². The molecule has 2 rings (SSSR count). The molecule has 0 unspecified atom stereocenters. The number of nitrogens with one attached hydrogen (secondary N) is 2. The van der Waals surface area contributed by atoms with E-state index in [9.17, 15) is 0 Å². The highest BCUT2D eigenvalue weighted by atomic mass is 127. The minimum Gasteiger partial charge on any atom is -0.357 e. The van der Waals surface area contributed by atoms with E-state index < -0.39 is 0 Å². The average Bonchev–Trinajstić information content (AvgIpc) is 2.61. The molecule has 0 bridgehead atoms. The number of guanidine groups is 1. The Bertz CT molecular complexity index is 515. The zero-order valence-electron chi connectivity index (χ0n) is 15.8. The molecule has 1 aliphatic rings. The van der Waals surface area contributed by atoms with Gasteiger partial charge in [-0.1, -0.05) is 6.07 Å². The number of thioether (sulfide) groups is 1. The summed E-state index contributed by atoms with van der Waals surface area (Å²) in [5, 5.41) is 6.98. The summed E-state index contributed by atoms with van der Waals surface area (Å²) < 4.78 is 0.171. The van der Waals surface area contributed by atoms with Crippen molar-refractivity contribution in [2.45, 2.75) is 44.4 Å². The lowest BCUT2D eigenvalue weighted by Gasteiger charge is -2.34. The second-order valence-electron chi connectivity index (χ2n) is 6.75. The standard InChI is InChI=1S/C18H31N5S.HI/c1-5-19-17(21-14-18(2,3)24-4)22-15-9-12-23(13-10-15)16-8-6-7-11-20-16;/h6-8,11,15H,5,9-10,12-14H2,1-4H3,(H2,19,21,22);1H. The Morgan fingerprint density at radius 3 is 2.64 bits per heavy atom. The van der Waals surface area contributed by atoms with Gasteiger partial charge in [0, 0.05) is 36.6 Å². The van der Waals surface area contributed by atoms with Crippen LogP contribution in [-0.4, -0.2) is 54.2 Å². The third kappa shape index (κ3) is 7.60. The fraction of sp³-hybridized carbons (Fsp3) is 0.667. The molecule has 142 valence electrons. The van der Waals surface area contributed by atoms with Crippen LogP contribution in [0.15, 0.2) is 29.4 Å². The van der Waals surface area contributed by atoms with Gasteiger partial charge in [0.15, 0.2) is 5.96 Å². The summed E-state index contributed by atoms with van der Waals surface area (Å²) in [6.45, 7) is 10.3. The Kier molecular flexibility index (Phi) is 9.92. The Hall–Kier alpha value is -0.700. The van der Waals surface area contributed by atoms with Gasteiger partial charge >= 0.3 is 0 Å². The highest BCUT2D eigenvalue weighted by molar-refractivity contribution is 14.0. The van der Waals surface area contributed by atoms with Gasteiger partial charge in [-0.25, -0.2) is 4.98 Å². The molecule has 0 atom stereocenters. The second kappa shape index (κ2) is 11.1. The fourth-order valence-electron chi connectivity index (χ4n) is 2.64. The molecule has 0 spiro atoms. The molecule has 0 saturated carbocycles. The SMILES string of the molecule is CCNC(=NCC(C)(C)SC)NC1CCN(c2ccccn2)CC1.I. The molecule has 0 amide bonds. The van der Waals surface area contributed by atoms with Crippen LogP contribution in [0.4, 0.5) is 5.82 Å². The van der Waals surface area contributed by atoms with Gasteiger partial charge < -0.3 is 15.5 Å². The fourth-order valence-corrected chi connectivity index (χ4v) is 2.83. The molecule has 7 heteroatoms. The first-order valence-electron chi connectivity index (χ1n) is 8.80. The van der Waals surface area contributed by atoms with E-state index >= 15 is 0 Å². The molecule has 1 saturated heterocycles. The van der Waals surface area contributed by atoms with E-state index in [4.69, 9.17) is 4.99 Å². The van der Waals surface area contributed by atoms with Crippen LogP contribution in [0.3, 0.4) is 0 Å². The van der Waals surface area contributed by atoms with Crippen molar-refractivity contribution in [3.05, 3.63) is 24.4 Å². The molecule has 2 heterocycles. The summed E-state index contributed by atoms with van der Waals surface area (Å²) in [5.41, 5.74) is 0. The van der Waals surface area contributed by atoms with Crippen molar-refractivity contribution in [3.63, 3.8) is 0 Å². The topological polar surface area (TPSA) is 52.6 Å². The van der Waals surface area contributed by atoms with Crippen molar-refractivity contribution in [1.29, 1.82) is 0 Å². The first-order valence-corrected chi connectivity index (χ1v) is 10.0. The smallest absolute Gasteiger partial charge is 0.191 e. The first-order chi connectivity index (χ1) is 11.5. The lowest BCUT2D eigenvalue weighted by molar-refractivity contribution is 0.459. The maximum atomic E-state index is 4.77. The van der Waals surface area contributed by atoms with Gasteiger partial charge in [-0.2, -0.15) is 11.8 Å². The van der Waals surface area contributed by atoms with Gasteiger partial charge in [-0.15, -0.1) is 24.0 Å². The summed E-state index contributed by atoms with van der Waals surface area (Å²) in [7, 11) is 0. The highest BCUT2D eigenvalue weighted by Crippen LogP contribution is 2.21. The number of rotatable bonds is 6. The number of hydrogen-bond acceptors (Lipinski definition) is 4. The number of aromatic nitrogens is 1. The molecule has 0 aliphatic carbocycles. The van der Waals surface area contributed by atoms with Gasteiger partial charge in [0.2, 0.25) is 0 Å². The molecule has 5 nitrogen and oxygen atoms in total. The van der Waals surface area contributed by atoms with E-state index in [-0.39, 0.29) is 28.7 Å². The van der Waals surface area contributed by atoms with Gasteiger partial charge in [-0.3, -0.25) is 4.99 Å². The van der Waals surface area contributed by atoms with Gasteiger partial charge in [0.05, 0.1) is 6.54 Å². The molecular weight excluding hydrogens is 445 g/mol. The van der Waals surface area contributed by atoms with Crippen LogP contribution in [0.25, 0.3) is 0 Å². The third-order valence-electron chi connectivity index (χ3n) is 4.32. The van der Waals surface area contributed by atoms with E-state index in [0.29, 0.717) is 6.04 Å². The van der Waals surface area contributed by atoms with Gasteiger partial charge in [-0.05, 0) is 52.0 Å². The quantitative estimate of drug-likeness (QED) is 0.374. The minimum atomic E-state index is 0. The first kappa shape index (κ1) is 22.3. The maximum Gasteiger partial charge on any atom is 0.191 e. The number of hydrogen-bond donors (Lipinski definition) is 2.